The van der Waals surface area contributed by atoms with Crippen LogP contribution >= 0.6 is 12.4 Å². The van der Waals surface area contributed by atoms with Gasteiger partial charge in [-0.25, -0.2) is 4.39 Å². The van der Waals surface area contributed by atoms with Crippen LogP contribution in [0, 0.1) is 11.7 Å². The van der Waals surface area contributed by atoms with Crippen LogP contribution in [-0.4, -0.2) is 19.0 Å². The number of rotatable bonds is 3. The molecule has 1 fully saturated rings. The fourth-order valence-corrected chi connectivity index (χ4v) is 2.04. The number of nitrogens with one attached hydrogen (secondary N) is 2. The maximum absolute atomic E-state index is 13.3. The number of hydrogen-bond acceptors (Lipinski definition) is 2. The van der Waals surface area contributed by atoms with E-state index in [2.05, 4.69) is 10.6 Å². The van der Waals surface area contributed by atoms with E-state index in [1.54, 1.807) is 18.2 Å². The number of carbonyl (C=O) groups excluding carboxylic acids is 1. The largest absolute Gasteiger partial charge is 0.352 e. The smallest absolute Gasteiger partial charge is 0.224 e. The molecule has 1 aliphatic rings. The monoisotopic (exact) mass is 272 g/mol. The summed E-state index contributed by atoms with van der Waals surface area (Å²) in [5.74, 6) is -0.231. The van der Waals surface area contributed by atoms with E-state index in [0.29, 0.717) is 5.56 Å². The van der Waals surface area contributed by atoms with E-state index >= 15 is 0 Å². The molecule has 0 saturated carbocycles. The summed E-state index contributed by atoms with van der Waals surface area (Å²) >= 11 is 0. The van der Waals surface area contributed by atoms with Crippen molar-refractivity contribution >= 4 is 18.3 Å². The molecule has 3 nitrogen and oxygen atoms in total. The fraction of sp³-hybridized carbons (Fsp3) is 0.462. The molecular weight excluding hydrogens is 255 g/mol. The Bertz CT molecular complexity index is 394. The second kappa shape index (κ2) is 7.34. The number of benzene rings is 1. The van der Waals surface area contributed by atoms with Crippen molar-refractivity contribution in [2.45, 2.75) is 19.4 Å². The van der Waals surface area contributed by atoms with Gasteiger partial charge in [0.05, 0.1) is 5.92 Å². The quantitative estimate of drug-likeness (QED) is 0.882. The number of halogens is 2. The molecule has 1 heterocycles. The molecule has 0 unspecified atom stereocenters. The minimum Gasteiger partial charge on any atom is -0.352 e. The maximum Gasteiger partial charge on any atom is 0.224 e. The lowest BCUT2D eigenvalue weighted by atomic mass is 9.99. The molecule has 1 aliphatic heterocycles. The summed E-state index contributed by atoms with van der Waals surface area (Å²) < 4.78 is 13.3. The van der Waals surface area contributed by atoms with Crippen molar-refractivity contribution in [2.75, 3.05) is 13.1 Å². The lowest BCUT2D eigenvalue weighted by molar-refractivity contribution is -0.125. The van der Waals surface area contributed by atoms with Crippen molar-refractivity contribution in [3.63, 3.8) is 0 Å². The van der Waals surface area contributed by atoms with Gasteiger partial charge < -0.3 is 10.6 Å². The average molecular weight is 273 g/mol. The van der Waals surface area contributed by atoms with E-state index in [9.17, 15) is 9.18 Å². The van der Waals surface area contributed by atoms with Gasteiger partial charge in [0.1, 0.15) is 5.82 Å². The van der Waals surface area contributed by atoms with E-state index in [-0.39, 0.29) is 36.6 Å². The molecule has 1 saturated heterocycles. The van der Waals surface area contributed by atoms with Crippen LogP contribution in [0.3, 0.4) is 0 Å². The van der Waals surface area contributed by atoms with Crippen LogP contribution in [0.25, 0.3) is 0 Å². The zero-order chi connectivity index (χ0) is 12.1. The molecule has 0 aromatic heterocycles. The number of amides is 1. The van der Waals surface area contributed by atoms with Crippen LogP contribution in [0.15, 0.2) is 24.3 Å². The third-order valence-corrected chi connectivity index (χ3v) is 3.08. The van der Waals surface area contributed by atoms with Crippen molar-refractivity contribution < 1.29 is 9.18 Å². The van der Waals surface area contributed by atoms with Crippen molar-refractivity contribution in [1.82, 2.24) is 10.6 Å². The number of carbonyl (C=O) groups is 1. The first kappa shape index (κ1) is 14.9. The number of hydrogen-bond donors (Lipinski definition) is 2. The molecule has 0 radical (unpaired) electrons. The summed E-state index contributed by atoms with van der Waals surface area (Å²) in [6.45, 7) is 1.97. The van der Waals surface area contributed by atoms with E-state index < -0.39 is 0 Å². The molecule has 1 atom stereocenters. The lowest BCUT2D eigenvalue weighted by Gasteiger charge is -2.21. The van der Waals surface area contributed by atoms with Crippen LogP contribution in [0.2, 0.25) is 0 Å². The minimum atomic E-state index is -0.269. The van der Waals surface area contributed by atoms with Crippen molar-refractivity contribution in [3.8, 4) is 0 Å². The van der Waals surface area contributed by atoms with Gasteiger partial charge in [-0.1, -0.05) is 18.2 Å². The third kappa shape index (κ3) is 3.96. The van der Waals surface area contributed by atoms with Crippen molar-refractivity contribution in [2.24, 2.45) is 5.92 Å². The van der Waals surface area contributed by atoms with Gasteiger partial charge in [0.25, 0.3) is 0 Å². The predicted molar refractivity (Wildman–Crippen MR) is 71.1 cm³/mol. The second-order valence-corrected chi connectivity index (χ2v) is 4.35. The molecule has 0 aliphatic carbocycles. The lowest BCUT2D eigenvalue weighted by Crippen LogP contribution is -2.40. The summed E-state index contributed by atoms with van der Waals surface area (Å²) in [5.41, 5.74) is 0.532. The Labute approximate surface area is 113 Å². The van der Waals surface area contributed by atoms with Crippen LogP contribution < -0.4 is 10.6 Å². The Morgan fingerprint density at radius 1 is 1.44 bits per heavy atom. The van der Waals surface area contributed by atoms with E-state index in [1.165, 1.54) is 6.07 Å². The van der Waals surface area contributed by atoms with Gasteiger partial charge >= 0.3 is 0 Å². The first-order valence-electron chi connectivity index (χ1n) is 5.99. The molecule has 0 spiro atoms. The normalized spacial score (nSPS) is 18.8. The Kier molecular flexibility index (Phi) is 6.09. The van der Waals surface area contributed by atoms with E-state index in [0.717, 1.165) is 25.9 Å². The van der Waals surface area contributed by atoms with Gasteiger partial charge in [0, 0.05) is 18.7 Å². The Morgan fingerprint density at radius 3 is 2.89 bits per heavy atom. The highest BCUT2D eigenvalue weighted by molar-refractivity contribution is 5.85. The van der Waals surface area contributed by atoms with Gasteiger partial charge in [-0.05, 0) is 25.5 Å². The summed E-state index contributed by atoms with van der Waals surface area (Å²) in [7, 11) is 0. The molecular formula is C13H18ClFN2O. The Morgan fingerprint density at radius 2 is 2.22 bits per heavy atom. The highest BCUT2D eigenvalue weighted by atomic mass is 35.5. The van der Waals surface area contributed by atoms with Gasteiger partial charge in [-0.3, -0.25) is 4.79 Å². The molecule has 0 bridgehead atoms. The van der Waals surface area contributed by atoms with Gasteiger partial charge in [-0.2, -0.15) is 0 Å². The predicted octanol–water partition coefficient (Wildman–Crippen LogP) is 1.86. The number of piperidine rings is 1. The minimum absolute atomic E-state index is 0. The van der Waals surface area contributed by atoms with Crippen LogP contribution in [0.4, 0.5) is 4.39 Å². The van der Waals surface area contributed by atoms with Gasteiger partial charge in [0.15, 0.2) is 0 Å². The molecule has 1 aromatic carbocycles. The second-order valence-electron chi connectivity index (χ2n) is 4.35. The Hall–Kier alpha value is -1.13. The summed E-state index contributed by atoms with van der Waals surface area (Å²) in [5, 5.41) is 5.98. The molecule has 1 amide bonds. The first-order chi connectivity index (χ1) is 8.27. The maximum atomic E-state index is 13.3. The Balaban J connectivity index is 0.00000162. The van der Waals surface area contributed by atoms with Crippen LogP contribution in [-0.2, 0) is 11.3 Å². The molecule has 5 heteroatoms. The molecule has 2 N–H and O–H groups in total. The van der Waals surface area contributed by atoms with Crippen LogP contribution in [0.1, 0.15) is 18.4 Å². The zero-order valence-corrected chi connectivity index (χ0v) is 10.9. The van der Waals surface area contributed by atoms with Gasteiger partial charge in [-0.15, -0.1) is 12.4 Å². The van der Waals surface area contributed by atoms with E-state index in [4.69, 9.17) is 0 Å². The van der Waals surface area contributed by atoms with Crippen molar-refractivity contribution in [1.29, 1.82) is 0 Å². The highest BCUT2D eigenvalue weighted by Crippen LogP contribution is 2.11. The van der Waals surface area contributed by atoms with Crippen LogP contribution in [0.5, 0.6) is 0 Å². The van der Waals surface area contributed by atoms with Gasteiger partial charge in [0.2, 0.25) is 5.91 Å². The first-order valence-corrected chi connectivity index (χ1v) is 5.99. The SMILES string of the molecule is Cl.O=C(NCc1ccccc1F)[C@@H]1CCCNC1. The molecule has 2 rings (SSSR count). The average Bonchev–Trinajstić information content (AvgIpc) is 2.38. The fourth-order valence-electron chi connectivity index (χ4n) is 2.04. The van der Waals surface area contributed by atoms with Crippen molar-refractivity contribution in [3.05, 3.63) is 35.6 Å². The summed E-state index contributed by atoms with van der Waals surface area (Å²) in [6, 6.07) is 6.51. The molecule has 1 aromatic rings. The molecule has 18 heavy (non-hydrogen) atoms. The standard InChI is InChI=1S/C13H17FN2O.ClH/c14-12-6-2-1-4-10(12)9-16-13(17)11-5-3-7-15-8-11;/h1-2,4,6,11,15H,3,5,7-9H2,(H,16,17);1H/t11-;/m1./s1. The topological polar surface area (TPSA) is 41.1 Å². The van der Waals surface area contributed by atoms with E-state index in [1.807, 2.05) is 0 Å². The highest BCUT2D eigenvalue weighted by Gasteiger charge is 2.20. The summed E-state index contributed by atoms with van der Waals surface area (Å²) in [6.07, 6.45) is 1.94. The summed E-state index contributed by atoms with van der Waals surface area (Å²) in [4.78, 5) is 11.8. The molecule has 100 valence electrons. The third-order valence-electron chi connectivity index (χ3n) is 3.08. The zero-order valence-electron chi connectivity index (χ0n) is 10.1.